The molecule has 3 rings (SSSR count). The molecule has 0 aliphatic carbocycles. The molecule has 0 bridgehead atoms. The summed E-state index contributed by atoms with van der Waals surface area (Å²) in [5.41, 5.74) is 3.32. The first-order valence-corrected chi connectivity index (χ1v) is 6.88. The highest BCUT2D eigenvalue weighted by Gasteiger charge is 2.35. The second-order valence-electron chi connectivity index (χ2n) is 5.24. The molecule has 0 spiro atoms. The van der Waals surface area contributed by atoms with Crippen LogP contribution in [-0.4, -0.2) is 33.3 Å². The van der Waals surface area contributed by atoms with Crippen LogP contribution in [0.5, 0.6) is 0 Å². The molecular formula is C14H18N4O3. The van der Waals surface area contributed by atoms with Gasteiger partial charge in [-0.2, -0.15) is 5.10 Å². The monoisotopic (exact) mass is 290 g/mol. The molecule has 1 aliphatic heterocycles. The van der Waals surface area contributed by atoms with Crippen LogP contribution in [-0.2, 0) is 11.8 Å². The van der Waals surface area contributed by atoms with E-state index in [-0.39, 0.29) is 23.7 Å². The topological polar surface area (TPSA) is 82.2 Å². The molecule has 2 atom stereocenters. The maximum atomic E-state index is 12.1. The summed E-state index contributed by atoms with van der Waals surface area (Å²) in [7, 11) is 1.91. The predicted molar refractivity (Wildman–Crippen MR) is 73.7 cm³/mol. The van der Waals surface area contributed by atoms with Gasteiger partial charge in [0, 0.05) is 24.9 Å². The van der Waals surface area contributed by atoms with Gasteiger partial charge in [-0.15, -0.1) is 0 Å². The highest BCUT2D eigenvalue weighted by molar-refractivity contribution is 5.92. The lowest BCUT2D eigenvalue weighted by molar-refractivity contribution is 0.0813. The third kappa shape index (κ3) is 2.44. The van der Waals surface area contributed by atoms with Gasteiger partial charge in [-0.3, -0.25) is 9.48 Å². The van der Waals surface area contributed by atoms with Gasteiger partial charge in [0.2, 0.25) is 0 Å². The van der Waals surface area contributed by atoms with Crippen molar-refractivity contribution in [1.29, 1.82) is 0 Å². The van der Waals surface area contributed by atoms with Crippen LogP contribution >= 0.6 is 0 Å². The Bertz CT molecular complexity index is 647. The summed E-state index contributed by atoms with van der Waals surface area (Å²) >= 11 is 0. The summed E-state index contributed by atoms with van der Waals surface area (Å²) in [5.74, 6) is -0.247. The van der Waals surface area contributed by atoms with Crippen LogP contribution in [0.2, 0.25) is 0 Å². The third-order valence-electron chi connectivity index (χ3n) is 3.92. The second-order valence-corrected chi connectivity index (χ2v) is 5.24. The van der Waals surface area contributed by atoms with Gasteiger partial charge in [0.05, 0.1) is 11.7 Å². The molecule has 3 heterocycles. The van der Waals surface area contributed by atoms with Crippen LogP contribution < -0.4 is 5.32 Å². The van der Waals surface area contributed by atoms with E-state index in [4.69, 9.17) is 9.15 Å². The van der Waals surface area contributed by atoms with E-state index in [9.17, 15) is 4.79 Å². The van der Waals surface area contributed by atoms with Crippen LogP contribution in [0.25, 0.3) is 0 Å². The van der Waals surface area contributed by atoms with Crippen molar-refractivity contribution >= 4 is 5.91 Å². The summed E-state index contributed by atoms with van der Waals surface area (Å²) in [5, 5.41) is 7.39. The first-order chi connectivity index (χ1) is 10.1. The fourth-order valence-electron chi connectivity index (χ4n) is 2.79. The number of hydrogen-bond acceptors (Lipinski definition) is 5. The largest absolute Gasteiger partial charge is 0.451 e. The maximum Gasteiger partial charge on any atom is 0.273 e. The van der Waals surface area contributed by atoms with Gasteiger partial charge < -0.3 is 14.5 Å². The summed E-state index contributed by atoms with van der Waals surface area (Å²) in [6.45, 7) is 4.58. The van der Waals surface area contributed by atoms with Gasteiger partial charge in [-0.1, -0.05) is 0 Å². The Balaban J connectivity index is 1.81. The highest BCUT2D eigenvalue weighted by Crippen LogP contribution is 2.33. The van der Waals surface area contributed by atoms with E-state index in [0.717, 1.165) is 23.4 Å². The van der Waals surface area contributed by atoms with Crippen molar-refractivity contribution in [2.45, 2.75) is 32.4 Å². The molecule has 7 nitrogen and oxygen atoms in total. The van der Waals surface area contributed by atoms with Crippen molar-refractivity contribution in [3.8, 4) is 0 Å². The van der Waals surface area contributed by atoms with Gasteiger partial charge in [0.25, 0.3) is 5.91 Å². The second kappa shape index (κ2) is 5.33. The quantitative estimate of drug-likeness (QED) is 0.921. The van der Waals surface area contributed by atoms with Crippen LogP contribution in [0, 0.1) is 13.8 Å². The normalized spacial score (nSPS) is 21.7. The number of amides is 1. The van der Waals surface area contributed by atoms with E-state index in [1.807, 2.05) is 25.6 Å². The highest BCUT2D eigenvalue weighted by atomic mass is 16.5. The van der Waals surface area contributed by atoms with Crippen molar-refractivity contribution in [2.75, 3.05) is 6.61 Å². The molecule has 0 saturated carbocycles. The Morgan fingerprint density at radius 3 is 2.90 bits per heavy atom. The van der Waals surface area contributed by atoms with Crippen LogP contribution in [0.3, 0.4) is 0 Å². The number of nitrogens with one attached hydrogen (secondary N) is 1. The minimum Gasteiger partial charge on any atom is -0.451 e. The number of aryl methyl sites for hydroxylation is 2. The molecule has 0 radical (unpaired) electrons. The molecule has 1 amide bonds. The molecule has 112 valence electrons. The Morgan fingerprint density at radius 2 is 2.29 bits per heavy atom. The lowest BCUT2D eigenvalue weighted by Gasteiger charge is -2.20. The van der Waals surface area contributed by atoms with Gasteiger partial charge in [-0.25, -0.2) is 4.98 Å². The molecule has 7 heteroatoms. The molecule has 21 heavy (non-hydrogen) atoms. The van der Waals surface area contributed by atoms with Gasteiger partial charge in [-0.05, 0) is 20.3 Å². The first-order valence-electron chi connectivity index (χ1n) is 6.88. The van der Waals surface area contributed by atoms with Crippen LogP contribution in [0.4, 0.5) is 0 Å². The number of oxazole rings is 1. The Kier molecular flexibility index (Phi) is 3.50. The molecule has 0 aromatic carbocycles. The summed E-state index contributed by atoms with van der Waals surface area (Å²) in [6, 6.07) is -0.0872. The van der Waals surface area contributed by atoms with E-state index in [1.54, 1.807) is 0 Å². The minimum absolute atomic E-state index is 0.0872. The van der Waals surface area contributed by atoms with E-state index in [0.29, 0.717) is 6.61 Å². The number of hydrogen-bond donors (Lipinski definition) is 1. The summed E-state index contributed by atoms with van der Waals surface area (Å²) < 4.78 is 12.5. The molecule has 1 aliphatic rings. The lowest BCUT2D eigenvalue weighted by Crippen LogP contribution is -2.37. The van der Waals surface area contributed by atoms with Gasteiger partial charge in [0.15, 0.2) is 12.1 Å². The fraction of sp³-hybridized carbons (Fsp3) is 0.500. The van der Waals surface area contributed by atoms with Crippen LogP contribution in [0.1, 0.15) is 40.0 Å². The zero-order valence-corrected chi connectivity index (χ0v) is 12.3. The number of rotatable bonds is 3. The Labute approximate surface area is 122 Å². The minimum atomic E-state index is -0.247. The fourth-order valence-corrected chi connectivity index (χ4v) is 2.79. The SMILES string of the molecule is Cc1nn(C)c(C)c1[C@H]1OCC[C@@H]1NC(=O)c1cocn1. The Morgan fingerprint density at radius 1 is 1.48 bits per heavy atom. The molecule has 1 N–H and O–H groups in total. The van der Waals surface area contributed by atoms with Crippen molar-refractivity contribution in [3.63, 3.8) is 0 Å². The zero-order valence-electron chi connectivity index (χ0n) is 12.3. The number of aromatic nitrogens is 3. The number of ether oxygens (including phenoxy) is 1. The summed E-state index contributed by atoms with van der Waals surface area (Å²) in [4.78, 5) is 16.0. The number of carbonyl (C=O) groups is 1. The van der Waals surface area contributed by atoms with Crippen molar-refractivity contribution < 1.29 is 13.9 Å². The van der Waals surface area contributed by atoms with Gasteiger partial charge in [0.1, 0.15) is 12.4 Å². The number of carbonyl (C=O) groups excluding carboxylic acids is 1. The molecule has 1 fully saturated rings. The average molecular weight is 290 g/mol. The van der Waals surface area contributed by atoms with Crippen molar-refractivity contribution in [3.05, 3.63) is 35.3 Å². The van der Waals surface area contributed by atoms with Gasteiger partial charge >= 0.3 is 0 Å². The van der Waals surface area contributed by atoms with E-state index < -0.39 is 0 Å². The zero-order chi connectivity index (χ0) is 15.0. The van der Waals surface area contributed by atoms with Crippen molar-refractivity contribution in [1.82, 2.24) is 20.1 Å². The summed E-state index contributed by atoms with van der Waals surface area (Å²) in [6.07, 6.45) is 3.17. The van der Waals surface area contributed by atoms with E-state index in [1.165, 1.54) is 12.7 Å². The average Bonchev–Trinajstić information content (AvgIpc) is 3.14. The molecular weight excluding hydrogens is 272 g/mol. The van der Waals surface area contributed by atoms with E-state index in [2.05, 4.69) is 15.4 Å². The number of nitrogens with zero attached hydrogens (tertiary/aromatic N) is 3. The molecule has 1 saturated heterocycles. The first kappa shape index (κ1) is 13.8. The van der Waals surface area contributed by atoms with E-state index >= 15 is 0 Å². The van der Waals surface area contributed by atoms with Crippen LogP contribution in [0.15, 0.2) is 17.1 Å². The standard InChI is InChI=1S/C14H18N4O3/c1-8-12(9(2)18(3)17-8)13-10(4-5-21-13)16-14(19)11-6-20-7-15-11/h6-7,10,13H,4-5H2,1-3H3,(H,16,19)/t10-,13-/m0/s1. The molecule has 2 aromatic heterocycles. The maximum absolute atomic E-state index is 12.1. The lowest BCUT2D eigenvalue weighted by atomic mass is 10.00. The smallest absolute Gasteiger partial charge is 0.273 e. The van der Waals surface area contributed by atoms with Crippen molar-refractivity contribution in [2.24, 2.45) is 7.05 Å². The molecule has 2 aromatic rings. The molecule has 0 unspecified atom stereocenters. The third-order valence-corrected chi connectivity index (χ3v) is 3.92. The Hall–Kier alpha value is -2.15. The predicted octanol–water partition coefficient (Wildman–Crippen LogP) is 1.28.